The van der Waals surface area contributed by atoms with Crippen molar-refractivity contribution in [1.29, 1.82) is 0 Å². The number of rotatable bonds is 3. The number of nitrogens with two attached hydrogens (primary N) is 2. The Hall–Kier alpha value is -1.28. The fourth-order valence-electron chi connectivity index (χ4n) is 1.87. The Morgan fingerprint density at radius 2 is 1.86 bits per heavy atom. The van der Waals surface area contributed by atoms with Crippen LogP contribution in [0.1, 0.15) is 5.56 Å². The summed E-state index contributed by atoms with van der Waals surface area (Å²) in [5, 5.41) is 8.77. The monoisotopic (exact) mass is 389 g/mol. The molecule has 112 valence electrons. The summed E-state index contributed by atoms with van der Waals surface area (Å²) in [5.41, 5.74) is 7.66. The Morgan fingerprint density at radius 1 is 1.19 bits per heavy atom. The van der Waals surface area contributed by atoms with E-state index in [9.17, 15) is 8.42 Å². The summed E-state index contributed by atoms with van der Waals surface area (Å²) in [6.45, 7) is 1.65. The van der Waals surface area contributed by atoms with Crippen LogP contribution in [0.3, 0.4) is 0 Å². The molecular formula is C13H13BrClN3O2S. The highest BCUT2D eigenvalue weighted by atomic mass is 79.9. The molecule has 0 atom stereocenters. The lowest BCUT2D eigenvalue weighted by molar-refractivity contribution is 0.597. The zero-order valence-corrected chi connectivity index (χ0v) is 14.2. The van der Waals surface area contributed by atoms with E-state index in [0.717, 1.165) is 4.47 Å². The number of anilines is 3. The fraction of sp³-hybridized carbons (Fsp3) is 0.0769. The predicted octanol–water partition coefficient (Wildman–Crippen LogP) is 3.38. The Labute approximate surface area is 136 Å². The number of hydrogen-bond acceptors (Lipinski definition) is 4. The second-order valence-electron chi connectivity index (χ2n) is 4.49. The van der Waals surface area contributed by atoms with Gasteiger partial charge < -0.3 is 11.1 Å². The molecule has 5 nitrogen and oxygen atoms in total. The van der Waals surface area contributed by atoms with Gasteiger partial charge in [0.2, 0.25) is 10.0 Å². The molecule has 0 radical (unpaired) electrons. The molecule has 0 aliphatic rings. The summed E-state index contributed by atoms with van der Waals surface area (Å²) in [6, 6.07) is 8.26. The number of benzene rings is 2. The van der Waals surface area contributed by atoms with Crippen LogP contribution in [-0.2, 0) is 10.0 Å². The van der Waals surface area contributed by atoms with Crippen LogP contribution < -0.4 is 16.2 Å². The summed E-state index contributed by atoms with van der Waals surface area (Å²) in [7, 11) is -3.85. The molecule has 0 saturated heterocycles. The van der Waals surface area contributed by atoms with Gasteiger partial charge in [0.25, 0.3) is 0 Å². The largest absolute Gasteiger partial charge is 0.399 e. The molecule has 0 heterocycles. The Morgan fingerprint density at radius 3 is 2.48 bits per heavy atom. The molecule has 0 amide bonds. The van der Waals surface area contributed by atoms with Gasteiger partial charge in [0, 0.05) is 15.8 Å². The van der Waals surface area contributed by atoms with Gasteiger partial charge in [-0.15, -0.1) is 0 Å². The lowest BCUT2D eigenvalue weighted by Crippen LogP contribution is -2.15. The Balaban J connectivity index is 2.55. The maximum absolute atomic E-state index is 11.6. The highest BCUT2D eigenvalue weighted by Crippen LogP contribution is 2.32. The lowest BCUT2D eigenvalue weighted by Gasteiger charge is -2.15. The summed E-state index contributed by atoms with van der Waals surface area (Å²) in [4.78, 5) is -0.0175. The second-order valence-corrected chi connectivity index (χ2v) is 7.34. The van der Waals surface area contributed by atoms with Crippen molar-refractivity contribution in [2.75, 3.05) is 11.1 Å². The van der Waals surface area contributed by atoms with Gasteiger partial charge >= 0.3 is 0 Å². The normalized spacial score (nSPS) is 11.4. The number of primary sulfonamides is 1. The van der Waals surface area contributed by atoms with E-state index in [-0.39, 0.29) is 4.90 Å². The van der Waals surface area contributed by atoms with Gasteiger partial charge in [-0.25, -0.2) is 13.6 Å². The van der Waals surface area contributed by atoms with Crippen molar-refractivity contribution < 1.29 is 8.42 Å². The van der Waals surface area contributed by atoms with Crippen LogP contribution in [0.2, 0.25) is 5.02 Å². The van der Waals surface area contributed by atoms with Gasteiger partial charge in [0.05, 0.1) is 15.6 Å². The first kappa shape index (κ1) is 16.1. The molecule has 2 aromatic carbocycles. The third kappa shape index (κ3) is 3.68. The minimum Gasteiger partial charge on any atom is -0.399 e. The van der Waals surface area contributed by atoms with Gasteiger partial charge in [0.15, 0.2) is 0 Å². The van der Waals surface area contributed by atoms with Crippen molar-refractivity contribution >= 4 is 54.6 Å². The molecule has 5 N–H and O–H groups in total. The summed E-state index contributed by atoms with van der Waals surface area (Å²) in [5.74, 6) is 0. The van der Waals surface area contributed by atoms with E-state index in [1.807, 2.05) is 0 Å². The molecule has 0 unspecified atom stereocenters. The maximum atomic E-state index is 11.6. The number of sulfonamides is 1. The topological polar surface area (TPSA) is 98.2 Å². The molecule has 8 heteroatoms. The molecule has 2 rings (SSSR count). The van der Waals surface area contributed by atoms with Crippen molar-refractivity contribution in [3.05, 3.63) is 45.4 Å². The van der Waals surface area contributed by atoms with E-state index in [1.165, 1.54) is 6.07 Å². The molecule has 0 aromatic heterocycles. The maximum Gasteiger partial charge on any atom is 0.238 e. The van der Waals surface area contributed by atoms with Gasteiger partial charge in [0.1, 0.15) is 0 Å². The van der Waals surface area contributed by atoms with Crippen LogP contribution in [0.4, 0.5) is 17.1 Å². The number of halogens is 2. The summed E-state index contributed by atoms with van der Waals surface area (Å²) < 4.78 is 24.0. The second kappa shape index (κ2) is 5.84. The standard InChI is InChI=1S/C13H13BrClN3O2S/c1-7-11(5-9(16)6-13(7)21(17,19)20)18-12-4-8(14)2-3-10(12)15/h2-6,18H,16H2,1H3,(H2,17,19,20). The van der Waals surface area contributed by atoms with Gasteiger partial charge in [-0.2, -0.15) is 0 Å². The number of hydrogen-bond donors (Lipinski definition) is 3. The third-order valence-electron chi connectivity index (χ3n) is 2.89. The van der Waals surface area contributed by atoms with Crippen LogP contribution in [-0.4, -0.2) is 8.42 Å². The number of nitrogens with one attached hydrogen (secondary N) is 1. The van der Waals surface area contributed by atoms with Crippen molar-refractivity contribution in [2.45, 2.75) is 11.8 Å². The smallest absolute Gasteiger partial charge is 0.238 e. The van der Waals surface area contributed by atoms with Crippen LogP contribution in [0, 0.1) is 6.92 Å². The summed E-state index contributed by atoms with van der Waals surface area (Å²) >= 11 is 9.46. The van der Waals surface area contributed by atoms with E-state index in [4.69, 9.17) is 22.5 Å². The molecule has 0 saturated carbocycles. The molecular weight excluding hydrogens is 378 g/mol. The zero-order chi connectivity index (χ0) is 15.8. The van der Waals surface area contributed by atoms with E-state index < -0.39 is 10.0 Å². The molecule has 2 aromatic rings. The molecule has 0 bridgehead atoms. The highest BCUT2D eigenvalue weighted by Gasteiger charge is 2.16. The van der Waals surface area contributed by atoms with Crippen molar-refractivity contribution in [3.63, 3.8) is 0 Å². The van der Waals surface area contributed by atoms with Crippen molar-refractivity contribution in [2.24, 2.45) is 5.14 Å². The van der Waals surface area contributed by atoms with Crippen molar-refractivity contribution in [1.82, 2.24) is 0 Å². The third-order valence-corrected chi connectivity index (χ3v) is 4.75. The lowest BCUT2D eigenvalue weighted by atomic mass is 10.1. The average Bonchev–Trinajstić information content (AvgIpc) is 2.36. The molecule has 0 spiro atoms. The van der Waals surface area contributed by atoms with E-state index in [0.29, 0.717) is 27.6 Å². The fourth-order valence-corrected chi connectivity index (χ4v) is 3.24. The zero-order valence-electron chi connectivity index (χ0n) is 11.0. The van der Waals surface area contributed by atoms with E-state index >= 15 is 0 Å². The van der Waals surface area contributed by atoms with Gasteiger partial charge in [-0.3, -0.25) is 0 Å². The van der Waals surface area contributed by atoms with Crippen LogP contribution >= 0.6 is 27.5 Å². The van der Waals surface area contributed by atoms with Gasteiger partial charge in [-0.05, 0) is 42.8 Å². The molecule has 0 aliphatic carbocycles. The SMILES string of the molecule is Cc1c(Nc2cc(Br)ccc2Cl)cc(N)cc1S(N)(=O)=O. The van der Waals surface area contributed by atoms with E-state index in [1.54, 1.807) is 31.2 Å². The Bertz CT molecular complexity index is 809. The molecule has 0 aliphatic heterocycles. The molecule has 21 heavy (non-hydrogen) atoms. The van der Waals surface area contributed by atoms with Crippen LogP contribution in [0.25, 0.3) is 0 Å². The van der Waals surface area contributed by atoms with Crippen LogP contribution in [0.5, 0.6) is 0 Å². The van der Waals surface area contributed by atoms with E-state index in [2.05, 4.69) is 21.2 Å². The van der Waals surface area contributed by atoms with Crippen LogP contribution in [0.15, 0.2) is 39.7 Å². The first-order valence-electron chi connectivity index (χ1n) is 5.83. The van der Waals surface area contributed by atoms with Crippen molar-refractivity contribution in [3.8, 4) is 0 Å². The highest BCUT2D eigenvalue weighted by molar-refractivity contribution is 9.10. The minimum atomic E-state index is -3.85. The van der Waals surface area contributed by atoms with Gasteiger partial charge in [-0.1, -0.05) is 27.5 Å². The minimum absolute atomic E-state index is 0.0175. The predicted molar refractivity (Wildman–Crippen MR) is 89.4 cm³/mol. The average molecular weight is 391 g/mol. The summed E-state index contributed by atoms with van der Waals surface area (Å²) in [6.07, 6.45) is 0. The molecule has 0 fully saturated rings. The Kier molecular flexibility index (Phi) is 4.48. The first-order chi connectivity index (χ1) is 9.68. The first-order valence-corrected chi connectivity index (χ1v) is 8.55. The number of nitrogen functional groups attached to an aromatic ring is 1. The quantitative estimate of drug-likeness (QED) is 0.700.